The Morgan fingerprint density at radius 2 is 2.21 bits per heavy atom. The van der Waals surface area contributed by atoms with Gasteiger partial charge >= 0.3 is 0 Å². The van der Waals surface area contributed by atoms with Crippen LogP contribution in [0.1, 0.15) is 38.3 Å². The number of carbonyl (C=O) groups is 1. The summed E-state index contributed by atoms with van der Waals surface area (Å²) >= 11 is 0. The average Bonchev–Trinajstić information content (AvgIpc) is 2.62. The summed E-state index contributed by atoms with van der Waals surface area (Å²) in [6.45, 7) is 7.16. The van der Waals surface area contributed by atoms with Crippen LogP contribution in [0.5, 0.6) is 0 Å². The van der Waals surface area contributed by atoms with Crippen LogP contribution >= 0.6 is 0 Å². The van der Waals surface area contributed by atoms with Crippen LogP contribution in [0, 0.1) is 5.41 Å². The van der Waals surface area contributed by atoms with Crippen LogP contribution in [-0.4, -0.2) is 53.4 Å². The number of amides is 1. The Balaban J connectivity index is 1.60. The van der Waals surface area contributed by atoms with E-state index in [4.69, 9.17) is 0 Å². The lowest BCUT2D eigenvalue weighted by Gasteiger charge is -2.48. The second-order valence-corrected chi connectivity index (χ2v) is 7.29. The molecular weight excluding hydrogens is 298 g/mol. The van der Waals surface area contributed by atoms with E-state index in [1.54, 1.807) is 0 Å². The van der Waals surface area contributed by atoms with Crippen LogP contribution in [0.3, 0.4) is 0 Å². The van der Waals surface area contributed by atoms with Gasteiger partial charge in [-0.1, -0.05) is 18.2 Å². The van der Waals surface area contributed by atoms with E-state index in [0.29, 0.717) is 17.7 Å². The number of carbonyl (C=O) groups excluding carboxylic acids is 1. The first-order valence-electron chi connectivity index (χ1n) is 9.22. The third kappa shape index (κ3) is 4.23. The second kappa shape index (κ2) is 7.93. The van der Waals surface area contributed by atoms with E-state index in [1.807, 2.05) is 24.4 Å². The Labute approximate surface area is 145 Å². The summed E-state index contributed by atoms with van der Waals surface area (Å²) < 4.78 is 0. The molecule has 0 aromatic carbocycles. The molecule has 0 N–H and O–H groups in total. The number of rotatable bonds is 5. The molecule has 1 amide bonds. The van der Waals surface area contributed by atoms with Gasteiger partial charge in [0.2, 0.25) is 5.91 Å². The normalized spacial score (nSPS) is 25.7. The Morgan fingerprint density at radius 1 is 1.29 bits per heavy atom. The number of aromatic nitrogens is 1. The molecule has 2 fully saturated rings. The zero-order chi connectivity index (χ0) is 16.8. The summed E-state index contributed by atoms with van der Waals surface area (Å²) in [6, 6.07) is 6.00. The number of hydrogen-bond donors (Lipinski definition) is 0. The van der Waals surface area contributed by atoms with Crippen molar-refractivity contribution in [1.29, 1.82) is 0 Å². The molecule has 0 bridgehead atoms. The number of pyridine rings is 1. The zero-order valence-corrected chi connectivity index (χ0v) is 14.8. The number of hydrogen-bond acceptors (Lipinski definition) is 3. The smallest absolute Gasteiger partial charge is 0.222 e. The van der Waals surface area contributed by atoms with E-state index in [-0.39, 0.29) is 0 Å². The molecule has 24 heavy (non-hydrogen) atoms. The minimum absolute atomic E-state index is 0.303. The molecule has 0 aliphatic carbocycles. The van der Waals surface area contributed by atoms with Crippen LogP contribution < -0.4 is 0 Å². The number of piperidine rings is 2. The Hall–Kier alpha value is -1.68. The highest BCUT2D eigenvalue weighted by molar-refractivity contribution is 5.77. The van der Waals surface area contributed by atoms with Crippen LogP contribution in [0.25, 0.3) is 0 Å². The van der Waals surface area contributed by atoms with Crippen molar-refractivity contribution in [3.63, 3.8) is 0 Å². The third-order valence-corrected chi connectivity index (χ3v) is 5.45. The molecule has 3 heterocycles. The van der Waals surface area contributed by atoms with Gasteiger partial charge in [-0.25, -0.2) is 0 Å². The van der Waals surface area contributed by atoms with Crippen molar-refractivity contribution >= 4 is 5.91 Å². The second-order valence-electron chi connectivity index (χ2n) is 7.29. The van der Waals surface area contributed by atoms with Gasteiger partial charge in [0, 0.05) is 56.3 Å². The van der Waals surface area contributed by atoms with Crippen molar-refractivity contribution in [1.82, 2.24) is 14.8 Å². The highest BCUT2D eigenvalue weighted by Crippen LogP contribution is 2.38. The topological polar surface area (TPSA) is 36.4 Å². The molecule has 2 aliphatic rings. The molecule has 1 aromatic rings. The molecule has 4 heteroatoms. The zero-order valence-electron chi connectivity index (χ0n) is 14.8. The minimum Gasteiger partial charge on any atom is -0.342 e. The van der Waals surface area contributed by atoms with Crippen molar-refractivity contribution < 1.29 is 4.79 Å². The van der Waals surface area contributed by atoms with Crippen molar-refractivity contribution in [2.75, 3.05) is 32.7 Å². The first-order valence-corrected chi connectivity index (χ1v) is 9.22. The SMILES string of the molecule is C/C=C/CN1CCCC2(CCC(=O)N(CCc3ccccn3)C2)C1. The standard InChI is InChI=1S/C20H29N3O/c1-2-3-13-22-14-6-10-20(16-22)11-8-19(24)23(17-20)15-9-18-7-4-5-12-21-18/h2-5,7,12H,6,8-11,13-17H2,1H3/b3-2+. The van der Waals surface area contributed by atoms with E-state index in [9.17, 15) is 4.79 Å². The fourth-order valence-corrected chi connectivity index (χ4v) is 4.16. The predicted octanol–water partition coefficient (Wildman–Crippen LogP) is 2.90. The molecule has 3 rings (SSSR count). The number of nitrogens with zero attached hydrogens (tertiary/aromatic N) is 3. The summed E-state index contributed by atoms with van der Waals surface area (Å²) in [7, 11) is 0. The lowest BCUT2D eigenvalue weighted by atomic mass is 9.73. The highest BCUT2D eigenvalue weighted by Gasteiger charge is 2.41. The molecule has 0 radical (unpaired) electrons. The fraction of sp³-hybridized carbons (Fsp3) is 0.600. The molecule has 1 aromatic heterocycles. The van der Waals surface area contributed by atoms with E-state index < -0.39 is 0 Å². The largest absolute Gasteiger partial charge is 0.342 e. The molecule has 0 saturated carbocycles. The quantitative estimate of drug-likeness (QED) is 0.780. The lowest BCUT2D eigenvalue weighted by molar-refractivity contribution is -0.139. The Morgan fingerprint density at radius 3 is 3.00 bits per heavy atom. The van der Waals surface area contributed by atoms with Crippen LogP contribution in [0.15, 0.2) is 36.5 Å². The van der Waals surface area contributed by atoms with E-state index in [2.05, 4.69) is 33.9 Å². The van der Waals surface area contributed by atoms with Gasteiger partial charge in [-0.15, -0.1) is 0 Å². The molecule has 130 valence electrons. The van der Waals surface area contributed by atoms with Crippen molar-refractivity contribution in [3.8, 4) is 0 Å². The van der Waals surface area contributed by atoms with Gasteiger partial charge in [0.25, 0.3) is 0 Å². The van der Waals surface area contributed by atoms with Gasteiger partial charge in [0.05, 0.1) is 0 Å². The van der Waals surface area contributed by atoms with Gasteiger partial charge in [-0.05, 0) is 44.9 Å². The maximum atomic E-state index is 12.4. The Kier molecular flexibility index (Phi) is 5.67. The summed E-state index contributed by atoms with van der Waals surface area (Å²) in [5.74, 6) is 0.321. The van der Waals surface area contributed by atoms with Crippen LogP contribution in [0.4, 0.5) is 0 Å². The molecule has 1 unspecified atom stereocenters. The number of likely N-dealkylation sites (tertiary alicyclic amines) is 2. The van der Waals surface area contributed by atoms with Crippen LogP contribution in [0.2, 0.25) is 0 Å². The van der Waals surface area contributed by atoms with Crippen molar-refractivity contribution in [3.05, 3.63) is 42.2 Å². The lowest BCUT2D eigenvalue weighted by Crippen LogP contribution is -2.54. The summed E-state index contributed by atoms with van der Waals surface area (Å²) in [4.78, 5) is 21.4. The van der Waals surface area contributed by atoms with E-state index >= 15 is 0 Å². The molecule has 4 nitrogen and oxygen atoms in total. The molecule has 1 atom stereocenters. The summed E-state index contributed by atoms with van der Waals surface area (Å²) in [6.07, 6.45) is 11.3. The molecule has 1 spiro atoms. The molecule has 2 saturated heterocycles. The minimum atomic E-state index is 0.303. The Bertz CT molecular complexity index is 572. The fourth-order valence-electron chi connectivity index (χ4n) is 4.16. The van der Waals surface area contributed by atoms with Gasteiger partial charge in [-0.2, -0.15) is 0 Å². The first kappa shape index (κ1) is 17.2. The van der Waals surface area contributed by atoms with Gasteiger partial charge in [-0.3, -0.25) is 14.7 Å². The van der Waals surface area contributed by atoms with Crippen molar-refractivity contribution in [2.24, 2.45) is 5.41 Å². The number of allylic oxidation sites excluding steroid dienone is 1. The highest BCUT2D eigenvalue weighted by atomic mass is 16.2. The first-order chi connectivity index (χ1) is 11.7. The molecule has 2 aliphatic heterocycles. The van der Waals surface area contributed by atoms with Gasteiger partial charge in [0.15, 0.2) is 0 Å². The van der Waals surface area contributed by atoms with Crippen molar-refractivity contribution in [2.45, 2.75) is 39.0 Å². The van der Waals surface area contributed by atoms with Gasteiger partial charge in [0.1, 0.15) is 0 Å². The van der Waals surface area contributed by atoms with E-state index in [1.165, 1.54) is 19.4 Å². The third-order valence-electron chi connectivity index (χ3n) is 5.45. The summed E-state index contributed by atoms with van der Waals surface area (Å²) in [5.41, 5.74) is 1.38. The molecular formula is C20H29N3O. The maximum Gasteiger partial charge on any atom is 0.222 e. The maximum absolute atomic E-state index is 12.4. The summed E-state index contributed by atoms with van der Waals surface area (Å²) in [5, 5.41) is 0. The monoisotopic (exact) mass is 327 g/mol. The average molecular weight is 327 g/mol. The van der Waals surface area contributed by atoms with Crippen LogP contribution in [-0.2, 0) is 11.2 Å². The van der Waals surface area contributed by atoms with Gasteiger partial charge < -0.3 is 4.90 Å². The van der Waals surface area contributed by atoms with E-state index in [0.717, 1.165) is 44.7 Å². The predicted molar refractivity (Wildman–Crippen MR) is 96.7 cm³/mol.